The Bertz CT molecular complexity index is 779. The molecule has 166 valence electrons. The van der Waals surface area contributed by atoms with Gasteiger partial charge in [0.2, 0.25) is 0 Å². The van der Waals surface area contributed by atoms with Crippen molar-refractivity contribution in [3.8, 4) is 11.5 Å². The van der Waals surface area contributed by atoms with Crippen LogP contribution in [0.1, 0.15) is 25.0 Å². The summed E-state index contributed by atoms with van der Waals surface area (Å²) in [5.74, 6) is 1.08. The number of β-amino-alcohol motifs (C(OH)–C–C–N with tert-alkyl or cyclic N) is 1. The van der Waals surface area contributed by atoms with Crippen LogP contribution in [0.5, 0.6) is 11.5 Å². The number of hydrogen-bond acceptors (Lipinski definition) is 6. The van der Waals surface area contributed by atoms with Crippen LogP contribution in [0.25, 0.3) is 0 Å². The van der Waals surface area contributed by atoms with Gasteiger partial charge in [-0.05, 0) is 44.0 Å². The molecule has 0 amide bonds. The van der Waals surface area contributed by atoms with Crippen LogP contribution in [0.3, 0.4) is 0 Å². The molecule has 1 unspecified atom stereocenters. The Kier molecular flexibility index (Phi) is 10.7. The van der Waals surface area contributed by atoms with E-state index in [4.69, 9.17) is 14.2 Å². The second-order valence-corrected chi connectivity index (χ2v) is 7.62. The van der Waals surface area contributed by atoms with E-state index in [9.17, 15) is 9.90 Å². The van der Waals surface area contributed by atoms with Crippen molar-refractivity contribution in [3.05, 3.63) is 59.7 Å². The molecule has 30 heavy (non-hydrogen) atoms. The highest BCUT2D eigenvalue weighted by Crippen LogP contribution is 2.20. The lowest BCUT2D eigenvalue weighted by molar-refractivity contribution is -0.139. The number of nitrogens with one attached hydrogen (secondary N) is 1. The molecule has 0 heterocycles. The lowest BCUT2D eigenvalue weighted by Gasteiger charge is -2.28. The van der Waals surface area contributed by atoms with Crippen LogP contribution in [0.15, 0.2) is 48.5 Å². The molecule has 2 aromatic rings. The van der Waals surface area contributed by atoms with Gasteiger partial charge in [-0.2, -0.15) is 0 Å². The number of methoxy groups -OCH3 is 2. The molecule has 0 aliphatic carbocycles. The Balaban J connectivity index is 0.00000450. The zero-order valence-electron chi connectivity index (χ0n) is 18.0. The van der Waals surface area contributed by atoms with Crippen LogP contribution in [0, 0.1) is 0 Å². The van der Waals surface area contributed by atoms with E-state index in [0.717, 1.165) is 17.7 Å². The minimum absolute atomic E-state index is 0. The molecule has 0 bridgehead atoms. The summed E-state index contributed by atoms with van der Waals surface area (Å²) < 4.78 is 15.6. The summed E-state index contributed by atoms with van der Waals surface area (Å²) in [6.45, 7) is 4.71. The van der Waals surface area contributed by atoms with Gasteiger partial charge < -0.3 is 24.6 Å². The molecule has 2 N–H and O–H groups in total. The number of esters is 1. The number of halogens is 1. The lowest BCUT2D eigenvalue weighted by Crippen LogP contribution is -2.46. The van der Waals surface area contributed by atoms with Crippen molar-refractivity contribution in [1.29, 1.82) is 0 Å². The third-order valence-corrected chi connectivity index (χ3v) is 4.59. The van der Waals surface area contributed by atoms with Crippen LogP contribution in [-0.4, -0.2) is 50.1 Å². The second kappa shape index (κ2) is 12.4. The van der Waals surface area contributed by atoms with Gasteiger partial charge in [0.25, 0.3) is 0 Å². The van der Waals surface area contributed by atoms with Gasteiger partial charge in [0, 0.05) is 17.6 Å². The largest absolute Gasteiger partial charge is 0.497 e. The van der Waals surface area contributed by atoms with E-state index in [1.165, 1.54) is 12.7 Å². The zero-order chi connectivity index (χ0) is 21.3. The number of aliphatic hydroxyl groups is 1. The molecule has 0 saturated carbocycles. The maximum absolute atomic E-state index is 11.5. The maximum atomic E-state index is 11.5. The third-order valence-electron chi connectivity index (χ3n) is 4.59. The Hall–Kier alpha value is -2.28. The quantitative estimate of drug-likeness (QED) is 0.526. The van der Waals surface area contributed by atoms with Gasteiger partial charge in [-0.3, -0.25) is 4.79 Å². The van der Waals surface area contributed by atoms with Gasteiger partial charge >= 0.3 is 5.97 Å². The van der Waals surface area contributed by atoms with Gasteiger partial charge in [-0.25, -0.2) is 0 Å². The van der Waals surface area contributed by atoms with Crippen molar-refractivity contribution in [3.63, 3.8) is 0 Å². The highest BCUT2D eigenvalue weighted by Gasteiger charge is 2.20. The highest BCUT2D eigenvalue weighted by atomic mass is 35.5. The number of rotatable bonds is 11. The highest BCUT2D eigenvalue weighted by molar-refractivity contribution is 5.85. The van der Waals surface area contributed by atoms with Crippen LogP contribution in [-0.2, 0) is 22.4 Å². The van der Waals surface area contributed by atoms with Gasteiger partial charge in [-0.15, -0.1) is 12.4 Å². The number of hydrogen-bond donors (Lipinski definition) is 2. The summed E-state index contributed by atoms with van der Waals surface area (Å²) in [6.07, 6.45) is 0.263. The van der Waals surface area contributed by atoms with Crippen LogP contribution in [0.4, 0.5) is 0 Å². The van der Waals surface area contributed by atoms with Crippen LogP contribution in [0.2, 0.25) is 0 Å². The molecule has 0 saturated heterocycles. The summed E-state index contributed by atoms with van der Waals surface area (Å²) in [5.41, 5.74) is 1.73. The van der Waals surface area contributed by atoms with Gasteiger partial charge in [0.1, 0.15) is 24.2 Å². The van der Waals surface area contributed by atoms with E-state index in [0.29, 0.717) is 12.3 Å². The molecule has 2 aromatic carbocycles. The fourth-order valence-corrected chi connectivity index (χ4v) is 2.97. The maximum Gasteiger partial charge on any atom is 0.310 e. The van der Waals surface area contributed by atoms with Crippen molar-refractivity contribution in [2.45, 2.75) is 38.3 Å². The predicted molar refractivity (Wildman–Crippen MR) is 120 cm³/mol. The van der Waals surface area contributed by atoms with Crippen molar-refractivity contribution in [2.75, 3.05) is 27.4 Å². The summed E-state index contributed by atoms with van der Waals surface area (Å²) in [5, 5.41) is 13.7. The SMILES string of the molecule is COC(=O)Cc1ccccc1OCC(O)CNC(C)(C)Cc1ccc(OC)cc1.Cl. The van der Waals surface area contributed by atoms with E-state index >= 15 is 0 Å². The Morgan fingerprint density at radius 2 is 1.77 bits per heavy atom. The minimum Gasteiger partial charge on any atom is -0.497 e. The second-order valence-electron chi connectivity index (χ2n) is 7.62. The van der Waals surface area contributed by atoms with E-state index < -0.39 is 6.10 Å². The molecular weight excluding hydrogens is 406 g/mol. The van der Waals surface area contributed by atoms with E-state index in [2.05, 4.69) is 19.2 Å². The normalized spacial score (nSPS) is 11.9. The minimum atomic E-state index is -0.684. The molecule has 0 radical (unpaired) electrons. The Labute approximate surface area is 185 Å². The number of benzene rings is 2. The molecule has 6 nitrogen and oxygen atoms in total. The standard InChI is InChI=1S/C23H31NO5.ClH/c1-23(2,14-17-9-11-20(27-3)12-10-17)24-15-19(25)16-29-21-8-6-5-7-18(21)13-22(26)28-4;/h5-12,19,24-25H,13-16H2,1-4H3;1H. The molecule has 0 aliphatic rings. The molecule has 1 atom stereocenters. The molecular formula is C23H32ClNO5. The number of para-hydroxylation sites is 1. The van der Waals surface area contributed by atoms with Crippen molar-refractivity contribution in [2.24, 2.45) is 0 Å². The van der Waals surface area contributed by atoms with Gasteiger partial charge in [0.15, 0.2) is 0 Å². The first-order valence-electron chi connectivity index (χ1n) is 9.66. The molecule has 0 fully saturated rings. The number of carbonyl (C=O) groups is 1. The molecule has 0 aliphatic heterocycles. The number of carbonyl (C=O) groups excluding carboxylic acids is 1. The smallest absolute Gasteiger partial charge is 0.310 e. The Morgan fingerprint density at radius 1 is 1.10 bits per heavy atom. The first-order chi connectivity index (χ1) is 13.8. The average Bonchev–Trinajstić information content (AvgIpc) is 2.72. The fourth-order valence-electron chi connectivity index (χ4n) is 2.97. The average molecular weight is 438 g/mol. The summed E-state index contributed by atoms with van der Waals surface area (Å²) >= 11 is 0. The molecule has 7 heteroatoms. The van der Waals surface area contributed by atoms with Crippen LogP contribution < -0.4 is 14.8 Å². The molecule has 2 rings (SSSR count). The molecule has 0 spiro atoms. The van der Waals surface area contributed by atoms with Crippen LogP contribution >= 0.6 is 12.4 Å². The fraction of sp³-hybridized carbons (Fsp3) is 0.435. The summed E-state index contributed by atoms with van der Waals surface area (Å²) in [6, 6.07) is 15.2. The monoisotopic (exact) mass is 437 g/mol. The topological polar surface area (TPSA) is 77.0 Å². The summed E-state index contributed by atoms with van der Waals surface area (Å²) in [4.78, 5) is 11.5. The van der Waals surface area contributed by atoms with E-state index in [1.54, 1.807) is 13.2 Å². The first kappa shape index (κ1) is 25.8. The van der Waals surface area contributed by atoms with E-state index in [1.807, 2.05) is 42.5 Å². The third kappa shape index (κ3) is 8.61. The van der Waals surface area contributed by atoms with Crippen molar-refractivity contribution in [1.82, 2.24) is 5.32 Å². The molecule has 0 aromatic heterocycles. The Morgan fingerprint density at radius 3 is 2.40 bits per heavy atom. The summed E-state index contributed by atoms with van der Waals surface area (Å²) in [7, 11) is 3.01. The first-order valence-corrected chi connectivity index (χ1v) is 9.66. The van der Waals surface area contributed by atoms with Crippen molar-refractivity contribution < 1.29 is 24.1 Å². The van der Waals surface area contributed by atoms with E-state index in [-0.39, 0.29) is 36.9 Å². The zero-order valence-corrected chi connectivity index (χ0v) is 18.8. The lowest BCUT2D eigenvalue weighted by atomic mass is 9.94. The van der Waals surface area contributed by atoms with Gasteiger partial charge in [0.05, 0.1) is 20.6 Å². The number of aliphatic hydroxyl groups excluding tert-OH is 1. The van der Waals surface area contributed by atoms with Crippen molar-refractivity contribution >= 4 is 18.4 Å². The van der Waals surface area contributed by atoms with Gasteiger partial charge in [-0.1, -0.05) is 30.3 Å². The predicted octanol–water partition coefficient (Wildman–Crippen LogP) is 3.18. The number of ether oxygens (including phenoxy) is 3.